The number of fused-ring (bicyclic) bond motifs is 3. The SMILES string of the molecule is CC(C)CNC1(C#N)CN2CCC1CC2. The Morgan fingerprint density at radius 3 is 2.53 bits per heavy atom. The number of hydrogen-bond donors (Lipinski definition) is 1. The number of nitriles is 1. The van der Waals surface area contributed by atoms with Crippen molar-refractivity contribution in [2.45, 2.75) is 32.2 Å². The van der Waals surface area contributed by atoms with Crippen LogP contribution in [0.15, 0.2) is 0 Å². The predicted octanol–water partition coefficient (Wildman–Crippen LogP) is 1.22. The van der Waals surface area contributed by atoms with Gasteiger partial charge in [-0.1, -0.05) is 13.8 Å². The minimum atomic E-state index is -0.249. The lowest BCUT2D eigenvalue weighted by Crippen LogP contribution is -2.65. The number of nitrogens with one attached hydrogen (secondary N) is 1. The van der Waals surface area contributed by atoms with E-state index in [1.165, 1.54) is 25.9 Å². The fourth-order valence-electron chi connectivity index (χ4n) is 2.82. The van der Waals surface area contributed by atoms with Gasteiger partial charge in [-0.2, -0.15) is 5.26 Å². The first kappa shape index (κ1) is 10.9. The van der Waals surface area contributed by atoms with Crippen LogP contribution in [0.1, 0.15) is 26.7 Å². The summed E-state index contributed by atoms with van der Waals surface area (Å²) < 4.78 is 0. The van der Waals surface area contributed by atoms with Gasteiger partial charge >= 0.3 is 0 Å². The second-order valence-electron chi connectivity index (χ2n) is 5.41. The highest BCUT2D eigenvalue weighted by molar-refractivity contribution is 5.17. The molecule has 2 bridgehead atoms. The van der Waals surface area contributed by atoms with Crippen molar-refractivity contribution in [1.82, 2.24) is 10.2 Å². The summed E-state index contributed by atoms with van der Waals surface area (Å²) in [5.41, 5.74) is -0.249. The number of nitrogens with zero attached hydrogens (tertiary/aromatic N) is 2. The van der Waals surface area contributed by atoms with Crippen molar-refractivity contribution in [3.8, 4) is 6.07 Å². The second-order valence-corrected chi connectivity index (χ2v) is 5.41. The zero-order valence-electron chi connectivity index (χ0n) is 9.79. The van der Waals surface area contributed by atoms with Gasteiger partial charge in [-0.05, 0) is 44.3 Å². The van der Waals surface area contributed by atoms with Crippen molar-refractivity contribution >= 4 is 0 Å². The van der Waals surface area contributed by atoms with Crippen LogP contribution in [-0.4, -0.2) is 36.6 Å². The summed E-state index contributed by atoms with van der Waals surface area (Å²) in [6.07, 6.45) is 2.39. The molecule has 0 saturated carbocycles. The predicted molar refractivity (Wildman–Crippen MR) is 60.3 cm³/mol. The van der Waals surface area contributed by atoms with E-state index in [2.05, 4.69) is 30.1 Å². The van der Waals surface area contributed by atoms with E-state index < -0.39 is 0 Å². The monoisotopic (exact) mass is 207 g/mol. The molecule has 3 heterocycles. The number of rotatable bonds is 3. The molecule has 0 radical (unpaired) electrons. The van der Waals surface area contributed by atoms with Crippen molar-refractivity contribution in [2.24, 2.45) is 11.8 Å². The molecule has 0 aliphatic carbocycles. The smallest absolute Gasteiger partial charge is 0.122 e. The van der Waals surface area contributed by atoms with Gasteiger partial charge in [-0.15, -0.1) is 0 Å². The minimum Gasteiger partial charge on any atom is -0.300 e. The van der Waals surface area contributed by atoms with Crippen molar-refractivity contribution in [3.05, 3.63) is 0 Å². The van der Waals surface area contributed by atoms with Gasteiger partial charge in [0.15, 0.2) is 0 Å². The maximum atomic E-state index is 9.44. The Morgan fingerprint density at radius 2 is 2.13 bits per heavy atom. The summed E-state index contributed by atoms with van der Waals surface area (Å²) in [5.74, 6) is 1.19. The lowest BCUT2D eigenvalue weighted by molar-refractivity contribution is 0.0356. The highest BCUT2D eigenvalue weighted by atomic mass is 15.2. The zero-order valence-corrected chi connectivity index (χ0v) is 9.79. The highest BCUT2D eigenvalue weighted by Gasteiger charge is 2.46. The van der Waals surface area contributed by atoms with Gasteiger partial charge in [0.1, 0.15) is 5.54 Å². The number of hydrogen-bond acceptors (Lipinski definition) is 3. The highest BCUT2D eigenvalue weighted by Crippen LogP contribution is 2.35. The summed E-state index contributed by atoms with van der Waals surface area (Å²) in [7, 11) is 0. The normalized spacial score (nSPS) is 39.3. The molecule has 3 aliphatic heterocycles. The number of piperidine rings is 3. The Bertz CT molecular complexity index is 261. The summed E-state index contributed by atoms with van der Waals surface area (Å²) in [5, 5.41) is 13.0. The summed E-state index contributed by atoms with van der Waals surface area (Å²) in [6.45, 7) is 8.66. The Kier molecular flexibility index (Phi) is 2.99. The van der Waals surface area contributed by atoms with Crippen LogP contribution in [0.25, 0.3) is 0 Å². The van der Waals surface area contributed by atoms with Gasteiger partial charge in [-0.25, -0.2) is 0 Å². The maximum absolute atomic E-state index is 9.44. The molecule has 0 spiro atoms. The third-order valence-corrected chi connectivity index (χ3v) is 3.78. The molecule has 84 valence electrons. The Balaban J connectivity index is 2.05. The first-order valence-electron chi connectivity index (χ1n) is 6.05. The molecule has 3 rings (SSSR count). The first-order valence-corrected chi connectivity index (χ1v) is 6.05. The minimum absolute atomic E-state index is 0.249. The van der Waals surface area contributed by atoms with E-state index in [0.717, 1.165) is 13.1 Å². The van der Waals surface area contributed by atoms with E-state index in [4.69, 9.17) is 0 Å². The molecule has 3 fully saturated rings. The molecule has 1 unspecified atom stereocenters. The molecule has 0 aromatic rings. The molecule has 3 nitrogen and oxygen atoms in total. The van der Waals surface area contributed by atoms with Crippen LogP contribution in [-0.2, 0) is 0 Å². The van der Waals surface area contributed by atoms with Gasteiger partial charge in [0.05, 0.1) is 6.07 Å². The molecular weight excluding hydrogens is 186 g/mol. The van der Waals surface area contributed by atoms with E-state index in [0.29, 0.717) is 11.8 Å². The largest absolute Gasteiger partial charge is 0.300 e. The van der Waals surface area contributed by atoms with Gasteiger partial charge in [0.25, 0.3) is 0 Å². The lowest BCUT2D eigenvalue weighted by Gasteiger charge is -2.50. The average Bonchev–Trinajstić information content (AvgIpc) is 2.28. The van der Waals surface area contributed by atoms with Crippen molar-refractivity contribution < 1.29 is 0 Å². The summed E-state index contributed by atoms with van der Waals surface area (Å²) in [6, 6.07) is 2.55. The van der Waals surface area contributed by atoms with Crippen LogP contribution in [0, 0.1) is 23.2 Å². The van der Waals surface area contributed by atoms with Crippen molar-refractivity contribution in [1.29, 1.82) is 5.26 Å². The van der Waals surface area contributed by atoms with Crippen molar-refractivity contribution in [2.75, 3.05) is 26.2 Å². The molecule has 0 aromatic carbocycles. The molecule has 3 aliphatic rings. The summed E-state index contributed by atoms with van der Waals surface area (Å²) in [4.78, 5) is 2.43. The third kappa shape index (κ3) is 2.02. The second kappa shape index (κ2) is 4.11. The van der Waals surface area contributed by atoms with Crippen LogP contribution >= 0.6 is 0 Å². The van der Waals surface area contributed by atoms with Gasteiger partial charge in [-0.3, -0.25) is 5.32 Å². The van der Waals surface area contributed by atoms with Crippen LogP contribution < -0.4 is 5.32 Å². The summed E-state index contributed by atoms with van der Waals surface area (Å²) >= 11 is 0. The molecular formula is C12H21N3. The van der Waals surface area contributed by atoms with Gasteiger partial charge in [0.2, 0.25) is 0 Å². The zero-order chi connectivity index (χ0) is 10.9. The van der Waals surface area contributed by atoms with Crippen LogP contribution in [0.5, 0.6) is 0 Å². The standard InChI is InChI=1S/C12H21N3/c1-10(2)7-14-12(8-13)9-15-5-3-11(12)4-6-15/h10-11,14H,3-7,9H2,1-2H3. The Hall–Kier alpha value is -0.590. The third-order valence-electron chi connectivity index (χ3n) is 3.78. The van der Waals surface area contributed by atoms with Crippen LogP contribution in [0.3, 0.4) is 0 Å². The lowest BCUT2D eigenvalue weighted by atomic mass is 9.73. The fraction of sp³-hybridized carbons (Fsp3) is 0.917. The van der Waals surface area contributed by atoms with E-state index in [9.17, 15) is 5.26 Å². The molecule has 0 aromatic heterocycles. The van der Waals surface area contributed by atoms with Crippen molar-refractivity contribution in [3.63, 3.8) is 0 Å². The topological polar surface area (TPSA) is 39.1 Å². The van der Waals surface area contributed by atoms with Gasteiger partial charge in [0, 0.05) is 6.54 Å². The fourth-order valence-corrected chi connectivity index (χ4v) is 2.82. The van der Waals surface area contributed by atoms with E-state index in [-0.39, 0.29) is 5.54 Å². The Morgan fingerprint density at radius 1 is 1.47 bits per heavy atom. The van der Waals surface area contributed by atoms with E-state index in [1.807, 2.05) is 0 Å². The van der Waals surface area contributed by atoms with Crippen LogP contribution in [0.4, 0.5) is 0 Å². The average molecular weight is 207 g/mol. The van der Waals surface area contributed by atoms with Crippen LogP contribution in [0.2, 0.25) is 0 Å². The molecule has 3 saturated heterocycles. The molecule has 1 atom stereocenters. The Labute approximate surface area is 92.4 Å². The molecule has 15 heavy (non-hydrogen) atoms. The quantitative estimate of drug-likeness (QED) is 0.756. The molecule has 3 heteroatoms. The van der Waals surface area contributed by atoms with E-state index >= 15 is 0 Å². The maximum Gasteiger partial charge on any atom is 0.122 e. The first-order chi connectivity index (χ1) is 7.16. The van der Waals surface area contributed by atoms with E-state index in [1.54, 1.807) is 0 Å². The van der Waals surface area contributed by atoms with Gasteiger partial charge < -0.3 is 4.90 Å². The molecule has 1 N–H and O–H groups in total. The molecule has 0 amide bonds.